The molecule has 0 unspecified atom stereocenters. The maximum absolute atomic E-state index is 12.6. The summed E-state index contributed by atoms with van der Waals surface area (Å²) in [5.74, 6) is -0.0379. The van der Waals surface area contributed by atoms with E-state index in [1.54, 1.807) is 0 Å². The minimum absolute atomic E-state index is 0.0895. The molecule has 6 heteroatoms. The third-order valence-corrected chi connectivity index (χ3v) is 4.74. The molecule has 2 rings (SSSR count). The first-order valence-electron chi connectivity index (χ1n) is 7.97. The molecule has 1 fully saturated rings. The van der Waals surface area contributed by atoms with Crippen molar-refractivity contribution in [3.8, 4) is 0 Å². The highest BCUT2D eigenvalue weighted by atomic mass is 79.9. The molecule has 2 N–H and O–H groups in total. The van der Waals surface area contributed by atoms with Crippen molar-refractivity contribution >= 4 is 27.7 Å². The summed E-state index contributed by atoms with van der Waals surface area (Å²) in [7, 11) is 1.93. The van der Waals surface area contributed by atoms with Gasteiger partial charge in [-0.25, -0.2) is 0 Å². The zero-order chi connectivity index (χ0) is 16.8. The molecule has 1 aliphatic heterocycles. The van der Waals surface area contributed by atoms with Crippen LogP contribution in [0.25, 0.3) is 0 Å². The van der Waals surface area contributed by atoms with Crippen molar-refractivity contribution in [2.75, 3.05) is 20.1 Å². The lowest BCUT2D eigenvalue weighted by Crippen LogP contribution is -2.47. The van der Waals surface area contributed by atoms with Gasteiger partial charge in [-0.2, -0.15) is 0 Å². The summed E-state index contributed by atoms with van der Waals surface area (Å²) in [4.78, 5) is 26.0. The first-order chi connectivity index (χ1) is 11.0. The molecule has 2 amide bonds. The number of likely N-dealkylation sites (N-methyl/N-ethyl adjacent to an activating group) is 1. The molecule has 2 atom stereocenters. The van der Waals surface area contributed by atoms with Crippen LogP contribution in [0.4, 0.5) is 0 Å². The molecular formula is C17H24BrN3O2. The molecule has 0 radical (unpaired) electrons. The number of nitrogens with zero attached hydrogens (tertiary/aromatic N) is 1. The van der Waals surface area contributed by atoms with Gasteiger partial charge in [-0.1, -0.05) is 28.1 Å². The third kappa shape index (κ3) is 5.32. The van der Waals surface area contributed by atoms with Crippen LogP contribution in [0.3, 0.4) is 0 Å². The second-order valence-electron chi connectivity index (χ2n) is 5.98. The summed E-state index contributed by atoms with van der Waals surface area (Å²) in [6.07, 6.45) is 2.40. The second kappa shape index (κ2) is 8.45. The van der Waals surface area contributed by atoms with Crippen molar-refractivity contribution in [2.45, 2.75) is 38.3 Å². The van der Waals surface area contributed by atoms with E-state index in [9.17, 15) is 9.59 Å². The maximum Gasteiger partial charge on any atom is 0.225 e. The number of hydrogen-bond donors (Lipinski definition) is 2. The second-order valence-corrected chi connectivity index (χ2v) is 6.89. The number of halogens is 1. The van der Waals surface area contributed by atoms with E-state index in [0.717, 1.165) is 36.0 Å². The summed E-state index contributed by atoms with van der Waals surface area (Å²) in [6.45, 7) is 3.01. The normalized spacial score (nSPS) is 19.3. The molecule has 0 spiro atoms. The summed E-state index contributed by atoms with van der Waals surface area (Å²) in [6, 6.07) is 7.79. The van der Waals surface area contributed by atoms with Gasteiger partial charge in [0.25, 0.3) is 0 Å². The molecule has 126 valence electrons. The van der Waals surface area contributed by atoms with Crippen molar-refractivity contribution in [2.24, 2.45) is 0 Å². The zero-order valence-corrected chi connectivity index (χ0v) is 15.2. The first-order valence-corrected chi connectivity index (χ1v) is 8.76. The average Bonchev–Trinajstić information content (AvgIpc) is 2.54. The number of carbonyl (C=O) groups is 2. The number of benzene rings is 1. The van der Waals surface area contributed by atoms with E-state index in [-0.39, 0.29) is 24.3 Å². The number of hydrogen-bond acceptors (Lipinski definition) is 3. The van der Waals surface area contributed by atoms with E-state index in [0.29, 0.717) is 6.04 Å². The highest BCUT2D eigenvalue weighted by Crippen LogP contribution is 2.22. The van der Waals surface area contributed by atoms with E-state index in [1.807, 2.05) is 36.2 Å². The van der Waals surface area contributed by atoms with Gasteiger partial charge < -0.3 is 15.5 Å². The van der Waals surface area contributed by atoms with Crippen LogP contribution in [0.15, 0.2) is 28.7 Å². The van der Waals surface area contributed by atoms with Gasteiger partial charge in [0.1, 0.15) is 0 Å². The maximum atomic E-state index is 12.6. The monoisotopic (exact) mass is 381 g/mol. The molecule has 23 heavy (non-hydrogen) atoms. The van der Waals surface area contributed by atoms with Gasteiger partial charge in [0.2, 0.25) is 11.8 Å². The van der Waals surface area contributed by atoms with Crippen molar-refractivity contribution in [3.63, 3.8) is 0 Å². The number of piperidine rings is 1. The van der Waals surface area contributed by atoms with Crippen molar-refractivity contribution in [3.05, 3.63) is 34.3 Å². The average molecular weight is 382 g/mol. The van der Waals surface area contributed by atoms with E-state index in [1.165, 1.54) is 6.92 Å². The highest BCUT2D eigenvalue weighted by molar-refractivity contribution is 9.10. The number of carbonyl (C=O) groups excluding carboxylic acids is 2. The smallest absolute Gasteiger partial charge is 0.225 e. The van der Waals surface area contributed by atoms with E-state index in [2.05, 4.69) is 26.6 Å². The van der Waals surface area contributed by atoms with Crippen molar-refractivity contribution < 1.29 is 9.59 Å². The number of nitrogens with one attached hydrogen (secondary N) is 2. The van der Waals surface area contributed by atoms with Crippen LogP contribution < -0.4 is 10.6 Å². The molecule has 1 aromatic carbocycles. The molecule has 0 bridgehead atoms. The van der Waals surface area contributed by atoms with E-state index < -0.39 is 0 Å². The Hall–Kier alpha value is -1.40. The van der Waals surface area contributed by atoms with Crippen LogP contribution in [0.1, 0.15) is 37.8 Å². The third-order valence-electron chi connectivity index (χ3n) is 4.21. The predicted octanol–water partition coefficient (Wildman–Crippen LogP) is 2.23. The van der Waals surface area contributed by atoms with Gasteiger partial charge in [0, 0.05) is 30.5 Å². The van der Waals surface area contributed by atoms with Crippen LogP contribution in [0.2, 0.25) is 0 Å². The predicted molar refractivity (Wildman–Crippen MR) is 94.0 cm³/mol. The quantitative estimate of drug-likeness (QED) is 0.821. The zero-order valence-electron chi connectivity index (χ0n) is 13.6. The molecule has 1 aromatic rings. The standard InChI is InChI=1S/C17H24BrN3O2/c1-12(22)20-16(13-5-7-14(18)8-6-13)10-17(23)21-9-3-4-15(11-21)19-2/h5-8,15-16,19H,3-4,9-11H2,1-2H3,(H,20,22)/t15-,16-/m1/s1. The molecule has 1 saturated heterocycles. The summed E-state index contributed by atoms with van der Waals surface area (Å²) < 4.78 is 0.974. The lowest BCUT2D eigenvalue weighted by atomic mass is 10.0. The van der Waals surface area contributed by atoms with Gasteiger partial charge in [-0.05, 0) is 37.6 Å². The van der Waals surface area contributed by atoms with Crippen LogP contribution in [-0.2, 0) is 9.59 Å². The van der Waals surface area contributed by atoms with Crippen LogP contribution in [0, 0.1) is 0 Å². The van der Waals surface area contributed by atoms with Gasteiger partial charge in [-0.3, -0.25) is 9.59 Å². The first kappa shape index (κ1) is 17.9. The van der Waals surface area contributed by atoms with Gasteiger partial charge >= 0.3 is 0 Å². The topological polar surface area (TPSA) is 61.4 Å². The van der Waals surface area contributed by atoms with Gasteiger partial charge in [0.05, 0.1) is 12.5 Å². The Morgan fingerprint density at radius 1 is 1.35 bits per heavy atom. The Labute approximate surface area is 145 Å². The number of amides is 2. The molecule has 0 aliphatic carbocycles. The Bertz CT molecular complexity index is 547. The Balaban J connectivity index is 2.06. The number of likely N-dealkylation sites (tertiary alicyclic amines) is 1. The fourth-order valence-corrected chi connectivity index (χ4v) is 3.20. The fourth-order valence-electron chi connectivity index (χ4n) is 2.94. The van der Waals surface area contributed by atoms with Crippen LogP contribution in [0.5, 0.6) is 0 Å². The van der Waals surface area contributed by atoms with E-state index >= 15 is 0 Å². The SMILES string of the molecule is CN[C@@H]1CCCN(C(=O)C[C@@H](NC(C)=O)c2ccc(Br)cc2)C1. The summed E-state index contributed by atoms with van der Waals surface area (Å²) >= 11 is 3.40. The molecular weight excluding hydrogens is 358 g/mol. The van der Waals surface area contributed by atoms with Gasteiger partial charge in [-0.15, -0.1) is 0 Å². The Morgan fingerprint density at radius 3 is 2.65 bits per heavy atom. The van der Waals surface area contributed by atoms with E-state index in [4.69, 9.17) is 0 Å². The fraction of sp³-hybridized carbons (Fsp3) is 0.529. The number of rotatable bonds is 5. The molecule has 1 aliphatic rings. The molecule has 1 heterocycles. The molecule has 0 saturated carbocycles. The Morgan fingerprint density at radius 2 is 2.04 bits per heavy atom. The lowest BCUT2D eigenvalue weighted by Gasteiger charge is -2.33. The van der Waals surface area contributed by atoms with Crippen LogP contribution >= 0.6 is 15.9 Å². The molecule has 0 aromatic heterocycles. The van der Waals surface area contributed by atoms with Gasteiger partial charge in [0.15, 0.2) is 0 Å². The van der Waals surface area contributed by atoms with Crippen LogP contribution in [-0.4, -0.2) is 42.9 Å². The highest BCUT2D eigenvalue weighted by Gasteiger charge is 2.25. The minimum atomic E-state index is -0.289. The summed E-state index contributed by atoms with van der Waals surface area (Å²) in [5.41, 5.74) is 0.943. The summed E-state index contributed by atoms with van der Waals surface area (Å²) in [5, 5.41) is 6.14. The largest absolute Gasteiger partial charge is 0.349 e. The Kier molecular flexibility index (Phi) is 6.59. The minimum Gasteiger partial charge on any atom is -0.349 e. The molecule has 5 nitrogen and oxygen atoms in total. The van der Waals surface area contributed by atoms with Crippen molar-refractivity contribution in [1.29, 1.82) is 0 Å². The lowest BCUT2D eigenvalue weighted by molar-refractivity contribution is -0.133. The van der Waals surface area contributed by atoms with Crippen molar-refractivity contribution in [1.82, 2.24) is 15.5 Å².